The number of nitrogens with two attached hydrogens (primary N) is 1. The molecule has 0 bridgehead atoms. The fourth-order valence-corrected chi connectivity index (χ4v) is 3.54. The average molecular weight is 309 g/mol. The molecule has 1 aromatic rings. The lowest BCUT2D eigenvalue weighted by Crippen LogP contribution is -2.27. The molecule has 1 aliphatic heterocycles. The van der Waals surface area contributed by atoms with Gasteiger partial charge in [0.25, 0.3) is 0 Å². The molecule has 1 heterocycles. The van der Waals surface area contributed by atoms with Gasteiger partial charge in [0.15, 0.2) is 17.5 Å². The number of aliphatic imine (C=N–C) groups is 1. The van der Waals surface area contributed by atoms with Gasteiger partial charge in [-0.15, -0.1) is 0 Å². The molecule has 0 aliphatic carbocycles. The molecule has 1 aliphatic rings. The Hall–Kier alpha value is -1.56. The van der Waals surface area contributed by atoms with Crippen LogP contribution >= 0.6 is 11.8 Å². The van der Waals surface area contributed by atoms with Gasteiger partial charge in [0, 0.05) is 16.5 Å². The van der Waals surface area contributed by atoms with Gasteiger partial charge < -0.3 is 20.5 Å². The predicted octanol–water partition coefficient (Wildman–Crippen LogP) is 2.72. The zero-order valence-electron chi connectivity index (χ0n) is 12.8. The van der Waals surface area contributed by atoms with E-state index < -0.39 is 0 Å². The van der Waals surface area contributed by atoms with Crippen molar-refractivity contribution >= 4 is 23.4 Å². The smallest absolute Gasteiger partial charge is 0.193 e. The largest absolute Gasteiger partial charge is 0.493 e. The van der Waals surface area contributed by atoms with E-state index in [0.717, 1.165) is 12.2 Å². The number of benzene rings is 1. The van der Waals surface area contributed by atoms with E-state index in [-0.39, 0.29) is 4.75 Å². The molecule has 3 N–H and O–H groups in total. The third-order valence-corrected chi connectivity index (χ3v) is 5.06. The van der Waals surface area contributed by atoms with Crippen LogP contribution in [0.3, 0.4) is 0 Å². The number of guanidine groups is 1. The lowest BCUT2D eigenvalue weighted by atomic mass is 10.1. The summed E-state index contributed by atoms with van der Waals surface area (Å²) in [4.78, 5) is 4.46. The van der Waals surface area contributed by atoms with Crippen LogP contribution in [0, 0.1) is 0 Å². The minimum absolute atomic E-state index is 0.226. The lowest BCUT2D eigenvalue weighted by Gasteiger charge is -2.20. The van der Waals surface area contributed by atoms with Crippen LogP contribution in [-0.2, 0) is 0 Å². The van der Waals surface area contributed by atoms with Crippen LogP contribution in [0.25, 0.3) is 0 Å². The number of hydrogen-bond acceptors (Lipinski definition) is 4. The molecule has 0 amide bonds. The molecular weight excluding hydrogens is 286 g/mol. The van der Waals surface area contributed by atoms with Gasteiger partial charge in [0.2, 0.25) is 0 Å². The predicted molar refractivity (Wildman–Crippen MR) is 89.8 cm³/mol. The number of thioether (sulfide) groups is 1. The maximum absolute atomic E-state index is 5.96. The van der Waals surface area contributed by atoms with Gasteiger partial charge in [-0.25, -0.2) is 0 Å². The molecule has 21 heavy (non-hydrogen) atoms. The van der Waals surface area contributed by atoms with Gasteiger partial charge in [0.05, 0.1) is 20.8 Å². The summed E-state index contributed by atoms with van der Waals surface area (Å²) >= 11 is 1.98. The fraction of sp³-hybridized carbons (Fsp3) is 0.533. The molecule has 1 unspecified atom stereocenters. The van der Waals surface area contributed by atoms with Crippen molar-refractivity contribution in [3.05, 3.63) is 18.2 Å². The summed E-state index contributed by atoms with van der Waals surface area (Å²) in [5.41, 5.74) is 6.79. The third-order valence-electron chi connectivity index (χ3n) is 3.54. The van der Waals surface area contributed by atoms with Crippen molar-refractivity contribution < 1.29 is 9.47 Å². The fourth-order valence-electron chi connectivity index (χ4n) is 2.32. The quantitative estimate of drug-likeness (QED) is 0.646. The first-order chi connectivity index (χ1) is 10.1. The van der Waals surface area contributed by atoms with Gasteiger partial charge in [0.1, 0.15) is 0 Å². The van der Waals surface area contributed by atoms with Crippen molar-refractivity contribution in [2.24, 2.45) is 10.7 Å². The standard InChI is InChI=1S/C15H23N3O2S/c1-15(7-4-8-21-15)10-17-14(16)18-11-5-6-12(19-2)13(9-11)20-3/h5-6,9H,4,7-8,10H2,1-3H3,(H3,16,17,18). The molecule has 1 atom stereocenters. The van der Waals surface area contributed by atoms with Gasteiger partial charge in [-0.05, 0) is 37.7 Å². The molecule has 5 nitrogen and oxygen atoms in total. The van der Waals surface area contributed by atoms with E-state index in [4.69, 9.17) is 15.2 Å². The summed E-state index contributed by atoms with van der Waals surface area (Å²) in [6, 6.07) is 5.56. The van der Waals surface area contributed by atoms with Crippen molar-refractivity contribution in [1.29, 1.82) is 0 Å². The molecular formula is C15H23N3O2S. The van der Waals surface area contributed by atoms with Crippen molar-refractivity contribution in [2.75, 3.05) is 31.8 Å². The molecule has 0 spiro atoms. The number of nitrogens with zero attached hydrogens (tertiary/aromatic N) is 1. The van der Waals surface area contributed by atoms with E-state index in [1.807, 2.05) is 30.0 Å². The van der Waals surface area contributed by atoms with Crippen LogP contribution in [0.5, 0.6) is 11.5 Å². The van der Waals surface area contributed by atoms with E-state index in [0.29, 0.717) is 17.5 Å². The molecule has 1 saturated heterocycles. The Morgan fingerprint density at radius 1 is 1.38 bits per heavy atom. The highest BCUT2D eigenvalue weighted by Gasteiger charge is 2.29. The Balaban J connectivity index is 2.00. The Kier molecular flexibility index (Phi) is 5.22. The minimum atomic E-state index is 0.226. The molecule has 2 rings (SSSR count). The third kappa shape index (κ3) is 4.20. The average Bonchev–Trinajstić information content (AvgIpc) is 2.92. The number of anilines is 1. The molecule has 0 radical (unpaired) electrons. The van der Waals surface area contributed by atoms with Gasteiger partial charge in [-0.2, -0.15) is 11.8 Å². The Morgan fingerprint density at radius 2 is 2.14 bits per heavy atom. The highest BCUT2D eigenvalue weighted by atomic mass is 32.2. The number of hydrogen-bond donors (Lipinski definition) is 2. The second kappa shape index (κ2) is 6.93. The zero-order chi connectivity index (χ0) is 15.3. The molecule has 116 valence electrons. The van der Waals surface area contributed by atoms with Crippen LogP contribution in [0.1, 0.15) is 19.8 Å². The summed E-state index contributed by atoms with van der Waals surface area (Å²) in [6.07, 6.45) is 2.46. The molecule has 0 aromatic heterocycles. The summed E-state index contributed by atoms with van der Waals surface area (Å²) in [5, 5.41) is 3.09. The summed E-state index contributed by atoms with van der Waals surface area (Å²) in [5.74, 6) is 2.99. The van der Waals surface area contributed by atoms with Crippen molar-refractivity contribution in [2.45, 2.75) is 24.5 Å². The van der Waals surface area contributed by atoms with Gasteiger partial charge in [-0.3, -0.25) is 4.99 Å². The van der Waals surface area contributed by atoms with Gasteiger partial charge in [-0.1, -0.05) is 0 Å². The van der Waals surface area contributed by atoms with Crippen LogP contribution in [0.4, 0.5) is 5.69 Å². The first-order valence-electron chi connectivity index (χ1n) is 6.99. The molecule has 6 heteroatoms. The molecule has 1 aromatic carbocycles. The Labute approximate surface area is 130 Å². The number of ether oxygens (including phenoxy) is 2. The molecule has 0 saturated carbocycles. The summed E-state index contributed by atoms with van der Waals surface area (Å²) in [7, 11) is 3.22. The lowest BCUT2D eigenvalue weighted by molar-refractivity contribution is 0.355. The van der Waals surface area contributed by atoms with Crippen molar-refractivity contribution in [3.63, 3.8) is 0 Å². The van der Waals surface area contributed by atoms with E-state index in [1.165, 1.54) is 18.6 Å². The second-order valence-corrected chi connectivity index (χ2v) is 6.98. The maximum atomic E-state index is 5.96. The number of methoxy groups -OCH3 is 2. The number of nitrogens with one attached hydrogen (secondary N) is 1. The summed E-state index contributed by atoms with van der Waals surface area (Å²) in [6.45, 7) is 2.99. The minimum Gasteiger partial charge on any atom is -0.493 e. The van der Waals surface area contributed by atoms with Crippen LogP contribution in [-0.4, -0.2) is 37.2 Å². The maximum Gasteiger partial charge on any atom is 0.193 e. The Bertz CT molecular complexity index is 514. The van der Waals surface area contributed by atoms with E-state index in [9.17, 15) is 0 Å². The van der Waals surface area contributed by atoms with Crippen LogP contribution in [0.2, 0.25) is 0 Å². The highest BCUT2D eigenvalue weighted by Crippen LogP contribution is 2.37. The van der Waals surface area contributed by atoms with E-state index in [2.05, 4.69) is 17.2 Å². The molecule has 1 fully saturated rings. The van der Waals surface area contributed by atoms with E-state index in [1.54, 1.807) is 14.2 Å². The Morgan fingerprint density at radius 3 is 2.76 bits per heavy atom. The van der Waals surface area contributed by atoms with Crippen LogP contribution < -0.4 is 20.5 Å². The SMILES string of the molecule is COc1ccc(NC(N)=NCC2(C)CCCS2)cc1OC. The number of rotatable bonds is 5. The van der Waals surface area contributed by atoms with Crippen molar-refractivity contribution in [1.82, 2.24) is 0 Å². The normalized spacial score (nSPS) is 22.1. The topological polar surface area (TPSA) is 68.9 Å². The highest BCUT2D eigenvalue weighted by molar-refractivity contribution is 8.00. The summed E-state index contributed by atoms with van der Waals surface area (Å²) < 4.78 is 10.7. The zero-order valence-corrected chi connectivity index (χ0v) is 13.6. The van der Waals surface area contributed by atoms with E-state index >= 15 is 0 Å². The first kappa shape index (κ1) is 15.8. The van der Waals surface area contributed by atoms with Gasteiger partial charge >= 0.3 is 0 Å². The van der Waals surface area contributed by atoms with Crippen molar-refractivity contribution in [3.8, 4) is 11.5 Å². The first-order valence-corrected chi connectivity index (χ1v) is 7.98. The van der Waals surface area contributed by atoms with Crippen LogP contribution in [0.15, 0.2) is 23.2 Å². The second-order valence-electron chi connectivity index (χ2n) is 5.30. The monoisotopic (exact) mass is 309 g/mol.